The molecule has 0 bridgehead atoms. The molecule has 0 spiro atoms. The highest BCUT2D eigenvalue weighted by molar-refractivity contribution is 7.17. The van der Waals surface area contributed by atoms with Gasteiger partial charge in [-0.05, 0) is 23.9 Å². The molecule has 0 amide bonds. The fourth-order valence-electron chi connectivity index (χ4n) is 2.63. The van der Waals surface area contributed by atoms with Crippen molar-refractivity contribution in [1.29, 1.82) is 0 Å². The molecule has 1 aliphatic rings. The van der Waals surface area contributed by atoms with Gasteiger partial charge >= 0.3 is 0 Å². The fraction of sp³-hybridized carbons (Fsp3) is 0.267. The largest absolute Gasteiger partial charge is 0.307 e. The molecule has 0 atom stereocenters. The highest BCUT2D eigenvalue weighted by Gasteiger charge is 2.18. The third-order valence-corrected chi connectivity index (χ3v) is 4.52. The maximum Gasteiger partial charge on any atom is 0.161 e. The Morgan fingerprint density at radius 3 is 3.15 bits per heavy atom. The van der Waals surface area contributed by atoms with Gasteiger partial charge in [-0.3, -0.25) is 4.98 Å². The van der Waals surface area contributed by atoms with Crippen LogP contribution in [0.1, 0.15) is 23.9 Å². The van der Waals surface area contributed by atoms with Crippen molar-refractivity contribution in [3.8, 4) is 11.4 Å². The summed E-state index contributed by atoms with van der Waals surface area (Å²) in [5.41, 5.74) is 5.61. The Bertz CT molecular complexity index is 794. The number of nitrogens with one attached hydrogen (secondary N) is 1. The van der Waals surface area contributed by atoms with Crippen LogP contribution in [0.4, 0.5) is 0 Å². The number of aryl methyl sites for hydroxylation is 1. The normalized spacial score (nSPS) is 13.8. The summed E-state index contributed by atoms with van der Waals surface area (Å²) >= 11 is 1.70. The van der Waals surface area contributed by atoms with E-state index in [0.717, 1.165) is 47.8 Å². The van der Waals surface area contributed by atoms with E-state index in [-0.39, 0.29) is 0 Å². The SMILES string of the molecule is CCc1nc(-c2cnc3ccsc3c2)nc2c1CNC2. The van der Waals surface area contributed by atoms with Crippen LogP contribution in [0.5, 0.6) is 0 Å². The molecule has 1 N–H and O–H groups in total. The summed E-state index contributed by atoms with van der Waals surface area (Å²) < 4.78 is 1.18. The van der Waals surface area contributed by atoms with Crippen LogP contribution in [0.25, 0.3) is 21.6 Å². The highest BCUT2D eigenvalue weighted by Crippen LogP contribution is 2.26. The zero-order chi connectivity index (χ0) is 13.5. The lowest BCUT2D eigenvalue weighted by atomic mass is 10.1. The molecule has 0 saturated heterocycles. The van der Waals surface area contributed by atoms with Gasteiger partial charge in [0.1, 0.15) is 0 Å². The van der Waals surface area contributed by atoms with Crippen LogP contribution in [0, 0.1) is 0 Å². The van der Waals surface area contributed by atoms with Crippen LogP contribution in [0.3, 0.4) is 0 Å². The van der Waals surface area contributed by atoms with E-state index in [2.05, 4.69) is 28.7 Å². The van der Waals surface area contributed by atoms with Crippen LogP contribution in [-0.2, 0) is 19.5 Å². The van der Waals surface area contributed by atoms with E-state index < -0.39 is 0 Å². The Morgan fingerprint density at radius 1 is 1.30 bits per heavy atom. The molecular formula is C15H14N4S. The van der Waals surface area contributed by atoms with Crippen LogP contribution in [0.2, 0.25) is 0 Å². The summed E-state index contributed by atoms with van der Waals surface area (Å²) in [6.07, 6.45) is 2.81. The van der Waals surface area contributed by atoms with Gasteiger partial charge in [0.2, 0.25) is 0 Å². The van der Waals surface area contributed by atoms with Gasteiger partial charge in [-0.2, -0.15) is 0 Å². The van der Waals surface area contributed by atoms with E-state index in [0.29, 0.717) is 0 Å². The van der Waals surface area contributed by atoms with Crippen LogP contribution in [0.15, 0.2) is 23.7 Å². The van der Waals surface area contributed by atoms with Crippen LogP contribution >= 0.6 is 11.3 Å². The zero-order valence-electron chi connectivity index (χ0n) is 11.2. The molecule has 5 heteroatoms. The molecule has 0 aromatic carbocycles. The molecule has 4 nitrogen and oxygen atoms in total. The summed E-state index contributed by atoms with van der Waals surface area (Å²) in [4.78, 5) is 13.9. The van der Waals surface area contributed by atoms with E-state index in [4.69, 9.17) is 9.97 Å². The van der Waals surface area contributed by atoms with Crippen molar-refractivity contribution in [3.05, 3.63) is 40.7 Å². The lowest BCUT2D eigenvalue weighted by Gasteiger charge is -2.08. The van der Waals surface area contributed by atoms with Crippen molar-refractivity contribution in [2.45, 2.75) is 26.4 Å². The van der Waals surface area contributed by atoms with E-state index in [9.17, 15) is 0 Å². The molecule has 20 heavy (non-hydrogen) atoms. The third-order valence-electron chi connectivity index (χ3n) is 3.67. The fourth-order valence-corrected chi connectivity index (χ4v) is 3.41. The van der Waals surface area contributed by atoms with Gasteiger partial charge in [0, 0.05) is 36.1 Å². The Labute approximate surface area is 120 Å². The molecule has 0 aliphatic carbocycles. The number of nitrogens with zero attached hydrogens (tertiary/aromatic N) is 3. The molecule has 100 valence electrons. The first kappa shape index (κ1) is 11.9. The highest BCUT2D eigenvalue weighted by atomic mass is 32.1. The minimum Gasteiger partial charge on any atom is -0.307 e. The van der Waals surface area contributed by atoms with Crippen molar-refractivity contribution in [1.82, 2.24) is 20.3 Å². The Hall–Kier alpha value is -1.85. The van der Waals surface area contributed by atoms with E-state index in [1.165, 1.54) is 10.3 Å². The maximum atomic E-state index is 4.74. The van der Waals surface area contributed by atoms with Gasteiger partial charge in [-0.15, -0.1) is 11.3 Å². The first-order valence-electron chi connectivity index (χ1n) is 6.78. The van der Waals surface area contributed by atoms with Crippen LogP contribution in [-0.4, -0.2) is 15.0 Å². The van der Waals surface area contributed by atoms with Gasteiger partial charge in [-0.1, -0.05) is 6.92 Å². The van der Waals surface area contributed by atoms with E-state index >= 15 is 0 Å². The Kier molecular flexibility index (Phi) is 2.75. The number of aromatic nitrogens is 3. The summed E-state index contributed by atoms with van der Waals surface area (Å²) in [7, 11) is 0. The molecule has 0 radical (unpaired) electrons. The molecule has 4 rings (SSSR count). The summed E-state index contributed by atoms with van der Waals surface area (Å²) in [5.74, 6) is 0.798. The number of rotatable bonds is 2. The van der Waals surface area contributed by atoms with Crippen molar-refractivity contribution >= 4 is 21.6 Å². The number of fused-ring (bicyclic) bond motifs is 2. The van der Waals surface area contributed by atoms with Gasteiger partial charge in [0.25, 0.3) is 0 Å². The smallest absolute Gasteiger partial charge is 0.161 e. The van der Waals surface area contributed by atoms with Crippen LogP contribution < -0.4 is 5.32 Å². The molecule has 4 heterocycles. The number of hydrogen-bond acceptors (Lipinski definition) is 5. The monoisotopic (exact) mass is 282 g/mol. The third kappa shape index (κ3) is 1.82. The standard InChI is InChI=1S/C15H14N4S/c1-2-11-10-7-16-8-13(10)19-15(18-11)9-5-14-12(17-6-9)3-4-20-14/h3-6,16H,2,7-8H2,1H3. The molecule has 3 aromatic heterocycles. The number of hydrogen-bond donors (Lipinski definition) is 1. The first-order valence-corrected chi connectivity index (χ1v) is 7.66. The molecule has 3 aromatic rings. The Balaban J connectivity index is 1.88. The second-order valence-corrected chi connectivity index (χ2v) is 5.85. The second-order valence-electron chi connectivity index (χ2n) is 4.90. The Morgan fingerprint density at radius 2 is 2.25 bits per heavy atom. The molecule has 0 fully saturated rings. The lowest BCUT2D eigenvalue weighted by Crippen LogP contribution is -2.02. The van der Waals surface area contributed by atoms with Crippen molar-refractivity contribution in [2.75, 3.05) is 0 Å². The number of thiophene rings is 1. The molecular weight excluding hydrogens is 268 g/mol. The summed E-state index contributed by atoms with van der Waals surface area (Å²) in [6.45, 7) is 3.87. The van der Waals surface area contributed by atoms with Crippen molar-refractivity contribution < 1.29 is 0 Å². The van der Waals surface area contributed by atoms with Gasteiger partial charge in [0.15, 0.2) is 5.82 Å². The van der Waals surface area contributed by atoms with Gasteiger partial charge in [0.05, 0.1) is 15.9 Å². The maximum absolute atomic E-state index is 4.74. The number of pyridine rings is 1. The predicted octanol–water partition coefficient (Wildman–Crippen LogP) is 2.92. The lowest BCUT2D eigenvalue weighted by molar-refractivity contribution is 0.755. The minimum absolute atomic E-state index is 0.798. The summed E-state index contributed by atoms with van der Waals surface area (Å²) in [6, 6.07) is 4.17. The van der Waals surface area contributed by atoms with Crippen molar-refractivity contribution in [3.63, 3.8) is 0 Å². The van der Waals surface area contributed by atoms with Gasteiger partial charge < -0.3 is 5.32 Å². The summed E-state index contributed by atoms with van der Waals surface area (Å²) in [5, 5.41) is 5.41. The average Bonchev–Trinajstić information content (AvgIpc) is 3.13. The van der Waals surface area contributed by atoms with Gasteiger partial charge in [-0.25, -0.2) is 9.97 Å². The van der Waals surface area contributed by atoms with E-state index in [1.807, 2.05) is 12.3 Å². The molecule has 0 unspecified atom stereocenters. The quantitative estimate of drug-likeness (QED) is 0.785. The average molecular weight is 282 g/mol. The molecule has 1 aliphatic heterocycles. The zero-order valence-corrected chi connectivity index (χ0v) is 12.0. The second kappa shape index (κ2) is 4.61. The first-order chi connectivity index (χ1) is 9.85. The van der Waals surface area contributed by atoms with E-state index in [1.54, 1.807) is 11.3 Å². The molecule has 0 saturated carbocycles. The van der Waals surface area contributed by atoms with Crippen molar-refractivity contribution in [2.24, 2.45) is 0 Å². The minimum atomic E-state index is 0.798. The predicted molar refractivity (Wildman–Crippen MR) is 80.6 cm³/mol. The topological polar surface area (TPSA) is 50.7 Å².